The van der Waals surface area contributed by atoms with Gasteiger partial charge in [-0.2, -0.15) is 11.8 Å². The number of thioether (sulfide) groups is 3. The first-order chi connectivity index (χ1) is 14.3. The molecule has 2 unspecified atom stereocenters. The van der Waals surface area contributed by atoms with Crippen molar-refractivity contribution in [1.29, 1.82) is 0 Å². The minimum Gasteiger partial charge on any atom is -0.477 e. The highest BCUT2D eigenvalue weighted by Gasteiger charge is 2.54. The Morgan fingerprint density at radius 1 is 1.33 bits per heavy atom. The van der Waals surface area contributed by atoms with Crippen LogP contribution in [0.3, 0.4) is 0 Å². The van der Waals surface area contributed by atoms with Crippen LogP contribution in [0.2, 0.25) is 0 Å². The lowest BCUT2D eigenvalue weighted by molar-refractivity contribution is -0.150. The Balaban J connectivity index is 1.66. The van der Waals surface area contributed by atoms with Crippen LogP contribution in [0.5, 0.6) is 0 Å². The summed E-state index contributed by atoms with van der Waals surface area (Å²) in [5.74, 6) is -0.937. The molecule has 3 rings (SSSR count). The Morgan fingerprint density at radius 2 is 2.10 bits per heavy atom. The van der Waals surface area contributed by atoms with Crippen molar-refractivity contribution in [2.24, 2.45) is 0 Å². The summed E-state index contributed by atoms with van der Waals surface area (Å²) in [6, 6.07) is -0.697. The molecular formula is C16H19N5O5S4. The molecular weight excluding hydrogens is 470 g/mol. The number of carbonyl (C=O) groups is 4. The summed E-state index contributed by atoms with van der Waals surface area (Å²) in [7, 11) is 0. The number of nitrogens with one attached hydrogen (secondary N) is 2. The first-order valence-electron chi connectivity index (χ1n) is 8.69. The summed E-state index contributed by atoms with van der Waals surface area (Å²) in [6.45, 7) is 1.71. The number of carbonyl (C=O) groups excluding carboxylic acids is 3. The topological polar surface area (TPSA) is 142 Å². The normalized spacial score (nSPS) is 20.5. The van der Waals surface area contributed by atoms with E-state index in [2.05, 4.69) is 20.8 Å². The van der Waals surface area contributed by atoms with E-state index in [0.717, 1.165) is 0 Å². The molecule has 3 heterocycles. The highest BCUT2D eigenvalue weighted by Crippen LogP contribution is 2.41. The monoisotopic (exact) mass is 489 g/mol. The molecule has 0 spiro atoms. The lowest BCUT2D eigenvalue weighted by Crippen LogP contribution is -2.70. The number of rotatable bonds is 9. The second-order valence-electron chi connectivity index (χ2n) is 6.31. The van der Waals surface area contributed by atoms with E-state index in [9.17, 15) is 24.3 Å². The van der Waals surface area contributed by atoms with Crippen molar-refractivity contribution in [2.45, 2.75) is 29.2 Å². The van der Waals surface area contributed by atoms with Crippen LogP contribution in [0.1, 0.15) is 11.9 Å². The molecule has 2 aliphatic rings. The van der Waals surface area contributed by atoms with Gasteiger partial charge in [-0.3, -0.25) is 19.3 Å². The van der Waals surface area contributed by atoms with Gasteiger partial charge in [0.15, 0.2) is 4.34 Å². The Morgan fingerprint density at radius 3 is 2.77 bits per heavy atom. The third-order valence-electron chi connectivity index (χ3n) is 4.15. The van der Waals surface area contributed by atoms with E-state index in [4.69, 9.17) is 0 Å². The van der Waals surface area contributed by atoms with E-state index >= 15 is 0 Å². The molecule has 2 atom stereocenters. The summed E-state index contributed by atoms with van der Waals surface area (Å²) >= 11 is 5.44. The van der Waals surface area contributed by atoms with Gasteiger partial charge in [0.1, 0.15) is 22.1 Å². The van der Waals surface area contributed by atoms with Crippen LogP contribution < -0.4 is 10.6 Å². The second kappa shape index (κ2) is 10.0. The van der Waals surface area contributed by atoms with Crippen molar-refractivity contribution in [2.75, 3.05) is 23.5 Å². The van der Waals surface area contributed by atoms with E-state index in [0.29, 0.717) is 33.0 Å². The van der Waals surface area contributed by atoms with Crippen LogP contribution in [-0.4, -0.2) is 78.8 Å². The lowest BCUT2D eigenvalue weighted by Gasteiger charge is -2.49. The minimum atomic E-state index is -1.17. The van der Waals surface area contributed by atoms with Crippen LogP contribution >= 0.6 is 46.6 Å². The molecule has 10 nitrogen and oxygen atoms in total. The van der Waals surface area contributed by atoms with Gasteiger partial charge in [-0.1, -0.05) is 23.1 Å². The van der Waals surface area contributed by atoms with Gasteiger partial charge in [-0.05, 0) is 11.8 Å². The number of hydrogen-bond acceptors (Lipinski definition) is 10. The SMILES string of the molecule is CSCC(=O)NC1C(=O)N2C(C(=O)O)=C(CSc3nnc(CNC(C)=O)s3)CSC12. The van der Waals surface area contributed by atoms with Crippen molar-refractivity contribution in [1.82, 2.24) is 25.7 Å². The van der Waals surface area contributed by atoms with Gasteiger partial charge in [0.05, 0.1) is 12.3 Å². The molecule has 3 amide bonds. The predicted molar refractivity (Wildman–Crippen MR) is 116 cm³/mol. The van der Waals surface area contributed by atoms with Crippen LogP contribution in [-0.2, 0) is 25.7 Å². The maximum atomic E-state index is 12.5. The highest BCUT2D eigenvalue weighted by atomic mass is 32.2. The number of nitrogens with zero attached hydrogens (tertiary/aromatic N) is 3. The number of aromatic nitrogens is 2. The smallest absolute Gasteiger partial charge is 0.352 e. The van der Waals surface area contributed by atoms with Crippen molar-refractivity contribution in [3.63, 3.8) is 0 Å². The van der Waals surface area contributed by atoms with Gasteiger partial charge in [0, 0.05) is 18.4 Å². The van der Waals surface area contributed by atoms with Crippen molar-refractivity contribution in [3.8, 4) is 0 Å². The molecule has 1 saturated heterocycles. The van der Waals surface area contributed by atoms with Crippen LogP contribution in [0.4, 0.5) is 0 Å². The summed E-state index contributed by atoms with van der Waals surface area (Å²) in [5.41, 5.74) is 0.601. The number of hydrogen-bond donors (Lipinski definition) is 3. The quantitative estimate of drug-likeness (QED) is 0.329. The number of β-lactam (4-membered cyclic amide) rings is 1. The zero-order valence-corrected chi connectivity index (χ0v) is 19.3. The van der Waals surface area contributed by atoms with Crippen LogP contribution in [0.15, 0.2) is 15.6 Å². The molecule has 3 N–H and O–H groups in total. The van der Waals surface area contributed by atoms with Gasteiger partial charge in [0.2, 0.25) is 11.8 Å². The van der Waals surface area contributed by atoms with E-state index in [1.165, 1.54) is 58.4 Å². The number of aliphatic carboxylic acids is 1. The maximum absolute atomic E-state index is 12.5. The zero-order chi connectivity index (χ0) is 21.8. The second-order valence-corrected chi connectivity index (χ2v) is 10.6. The largest absolute Gasteiger partial charge is 0.477 e. The van der Waals surface area contributed by atoms with Crippen LogP contribution in [0, 0.1) is 0 Å². The molecule has 1 aromatic rings. The van der Waals surface area contributed by atoms with Gasteiger partial charge < -0.3 is 15.7 Å². The molecule has 162 valence electrons. The molecule has 0 radical (unpaired) electrons. The Bertz CT molecular complexity index is 904. The molecule has 0 bridgehead atoms. The first-order valence-corrected chi connectivity index (χ1v) is 12.9. The maximum Gasteiger partial charge on any atom is 0.352 e. The van der Waals surface area contributed by atoms with E-state index in [-0.39, 0.29) is 23.3 Å². The summed E-state index contributed by atoms with van der Waals surface area (Å²) < 4.78 is 0.650. The molecule has 14 heteroatoms. The fourth-order valence-electron chi connectivity index (χ4n) is 2.86. The molecule has 30 heavy (non-hydrogen) atoms. The molecule has 1 aromatic heterocycles. The van der Waals surface area contributed by atoms with Crippen molar-refractivity contribution >= 4 is 70.3 Å². The van der Waals surface area contributed by atoms with E-state index < -0.39 is 23.3 Å². The van der Waals surface area contributed by atoms with Crippen molar-refractivity contribution in [3.05, 3.63) is 16.3 Å². The van der Waals surface area contributed by atoms with Crippen molar-refractivity contribution < 1.29 is 24.3 Å². The number of amides is 3. The number of carboxylic acids is 1. The predicted octanol–water partition coefficient (Wildman–Crippen LogP) is 0.368. The Labute approximate surface area is 189 Å². The third-order valence-corrected chi connectivity index (χ3v) is 8.18. The van der Waals surface area contributed by atoms with Gasteiger partial charge in [-0.15, -0.1) is 22.0 Å². The van der Waals surface area contributed by atoms with Gasteiger partial charge >= 0.3 is 5.97 Å². The molecule has 0 aromatic carbocycles. The van der Waals surface area contributed by atoms with Crippen LogP contribution in [0.25, 0.3) is 0 Å². The summed E-state index contributed by atoms with van der Waals surface area (Å²) in [6.07, 6.45) is 1.79. The molecule has 0 saturated carbocycles. The fourth-order valence-corrected chi connectivity index (χ4v) is 6.52. The third kappa shape index (κ3) is 5.10. The van der Waals surface area contributed by atoms with E-state index in [1.807, 2.05) is 0 Å². The highest BCUT2D eigenvalue weighted by molar-refractivity contribution is 8.01. The zero-order valence-electron chi connectivity index (χ0n) is 16.0. The summed E-state index contributed by atoms with van der Waals surface area (Å²) in [5, 5.41) is 23.3. The molecule has 2 aliphatic heterocycles. The van der Waals surface area contributed by atoms with E-state index in [1.54, 1.807) is 6.26 Å². The lowest BCUT2D eigenvalue weighted by atomic mass is 10.0. The van der Waals surface area contributed by atoms with Gasteiger partial charge in [-0.25, -0.2) is 4.79 Å². The minimum absolute atomic E-state index is 0.0189. The average molecular weight is 490 g/mol. The molecule has 0 aliphatic carbocycles. The summed E-state index contributed by atoms with van der Waals surface area (Å²) in [4.78, 5) is 48.5. The number of fused-ring (bicyclic) bond motifs is 1. The Hall–Kier alpha value is -1.77. The number of carboxylic acid groups (broad SMARTS) is 1. The fraction of sp³-hybridized carbons (Fsp3) is 0.500. The standard InChI is InChI=1S/C16H19N5O5S4/c1-7(22)17-3-10-19-20-16(30-10)29-5-8-4-28-14-11(18-9(23)6-27-2)13(24)21(14)12(8)15(25)26/h11,14H,3-6H2,1-2H3,(H,17,22)(H,18,23)(H,25,26). The average Bonchev–Trinajstić information content (AvgIpc) is 3.16. The Kier molecular flexibility index (Phi) is 7.65. The first kappa shape index (κ1) is 22.9. The van der Waals surface area contributed by atoms with Gasteiger partial charge in [0.25, 0.3) is 5.91 Å². The molecule has 1 fully saturated rings.